The van der Waals surface area contributed by atoms with Gasteiger partial charge in [-0.1, -0.05) is 19.0 Å². The Hall–Kier alpha value is -1.22. The van der Waals surface area contributed by atoms with E-state index >= 15 is 0 Å². The van der Waals surface area contributed by atoms with Crippen LogP contribution in [0.15, 0.2) is 5.16 Å². The third-order valence-corrected chi connectivity index (χ3v) is 11.8. The number of carbonyl (C=O) groups excluding carboxylic acids is 1. The van der Waals surface area contributed by atoms with Crippen LogP contribution in [-0.2, 0) is 4.84 Å². The number of aliphatic hydroxyl groups is 1. The lowest BCUT2D eigenvalue weighted by atomic mass is 9.44. The van der Waals surface area contributed by atoms with Crippen LogP contribution < -0.4 is 10.6 Å². The van der Waals surface area contributed by atoms with E-state index in [1.807, 2.05) is 7.05 Å². The second-order valence-electron chi connectivity index (χ2n) is 15.2. The Morgan fingerprint density at radius 3 is 2.42 bits per heavy atom. The molecule has 0 aromatic rings. The van der Waals surface area contributed by atoms with Gasteiger partial charge in [0.25, 0.3) is 0 Å². The van der Waals surface area contributed by atoms with Crippen LogP contribution >= 0.6 is 0 Å². The number of carbonyl (C=O) groups is 1. The molecule has 0 spiro atoms. The second kappa shape index (κ2) is 13.0. The summed E-state index contributed by atoms with van der Waals surface area (Å²) in [6.07, 6.45) is 10.3. The zero-order chi connectivity index (χ0) is 29.1. The molecule has 4 aliphatic carbocycles. The molecule has 4 fully saturated rings. The van der Waals surface area contributed by atoms with Crippen molar-refractivity contribution in [2.75, 3.05) is 67.5 Å². The fourth-order valence-electron chi connectivity index (χ4n) is 9.42. The Bertz CT molecular complexity index is 890. The summed E-state index contributed by atoms with van der Waals surface area (Å²) < 4.78 is 0.795. The molecule has 8 atom stereocenters. The molecular weight excluding hydrogens is 502 g/mol. The Balaban J connectivity index is 1.38. The maximum absolute atomic E-state index is 13.2. The third-order valence-electron chi connectivity index (χ3n) is 11.8. The largest absolute Gasteiger partial charge is 0.436 e. The van der Waals surface area contributed by atoms with Gasteiger partial charge in [0, 0.05) is 32.1 Å². The summed E-state index contributed by atoms with van der Waals surface area (Å²) in [6.45, 7) is 11.8. The van der Waals surface area contributed by atoms with Gasteiger partial charge in [-0.25, -0.2) is 4.79 Å². The first-order valence-corrected chi connectivity index (χ1v) is 16.2. The van der Waals surface area contributed by atoms with Crippen molar-refractivity contribution in [2.45, 2.75) is 84.7 Å². The van der Waals surface area contributed by atoms with Gasteiger partial charge in [-0.3, -0.25) is 9.74 Å². The van der Waals surface area contributed by atoms with Gasteiger partial charge >= 0.3 is 6.09 Å². The van der Waals surface area contributed by atoms with Gasteiger partial charge < -0.3 is 20.2 Å². The highest BCUT2D eigenvalue weighted by atomic mass is 16.7. The Kier molecular flexibility index (Phi) is 10.3. The van der Waals surface area contributed by atoms with E-state index in [2.05, 4.69) is 57.7 Å². The molecule has 0 unspecified atom stereocenters. The van der Waals surface area contributed by atoms with E-state index < -0.39 is 0 Å². The van der Waals surface area contributed by atoms with Gasteiger partial charge in [0.2, 0.25) is 0 Å². The number of fused-ring (bicyclic) bond motifs is 5. The molecule has 40 heavy (non-hydrogen) atoms. The zero-order valence-electron chi connectivity index (χ0n) is 26.7. The number of amides is 1. The predicted molar refractivity (Wildman–Crippen MR) is 162 cm³/mol. The summed E-state index contributed by atoms with van der Waals surface area (Å²) in [5.41, 5.74) is 1.63. The molecule has 1 amide bonds. The minimum atomic E-state index is -0.336. The molecule has 0 saturated heterocycles. The standard InChI is InChI=1S/C32H60N5O3/c1-23(35-40-30(39)36(20-21-37(5,6)7)19-18-34-17-16-33-4)27-10-11-28-26-9-8-24-22-25(38)12-14-31(24,2)29(26)13-15-32(27,28)3/h24-29,33-34,38H,8-22H2,1-7H3/q+1/b35-23+/t24-,25+,26+,27-,28+,29+,31+,32-/m1/s1. The quantitative estimate of drug-likeness (QED) is 0.115. The number of aliphatic hydroxyl groups excluding tert-OH is 1. The molecule has 4 saturated carbocycles. The number of nitrogens with one attached hydrogen (secondary N) is 2. The topological polar surface area (TPSA) is 86.2 Å². The molecule has 8 nitrogen and oxygen atoms in total. The van der Waals surface area contributed by atoms with Crippen LogP contribution in [0.3, 0.4) is 0 Å². The fraction of sp³-hybridized carbons (Fsp3) is 0.938. The van der Waals surface area contributed by atoms with Crippen LogP contribution in [0.2, 0.25) is 0 Å². The Labute approximate surface area is 244 Å². The highest BCUT2D eigenvalue weighted by Crippen LogP contribution is 2.67. The van der Waals surface area contributed by atoms with Gasteiger partial charge in [-0.2, -0.15) is 0 Å². The molecule has 230 valence electrons. The molecule has 4 rings (SSSR count). The van der Waals surface area contributed by atoms with Gasteiger partial charge in [-0.15, -0.1) is 0 Å². The molecule has 0 aromatic carbocycles. The smallest absolute Gasteiger partial charge is 0.393 e. The van der Waals surface area contributed by atoms with Crippen molar-refractivity contribution in [3.05, 3.63) is 0 Å². The van der Waals surface area contributed by atoms with Gasteiger partial charge in [-0.05, 0) is 106 Å². The van der Waals surface area contributed by atoms with Crippen LogP contribution in [0.5, 0.6) is 0 Å². The number of hydrogen-bond acceptors (Lipinski definition) is 6. The summed E-state index contributed by atoms with van der Waals surface area (Å²) in [6, 6.07) is 0. The third kappa shape index (κ3) is 6.87. The number of rotatable bonds is 11. The molecule has 0 aromatic heterocycles. The molecule has 0 aliphatic heterocycles. The highest BCUT2D eigenvalue weighted by molar-refractivity contribution is 5.85. The number of likely N-dealkylation sites (N-methyl/N-ethyl adjacent to an activating group) is 2. The van der Waals surface area contributed by atoms with Gasteiger partial charge in [0.15, 0.2) is 0 Å². The van der Waals surface area contributed by atoms with Crippen LogP contribution in [0.25, 0.3) is 0 Å². The summed E-state index contributed by atoms with van der Waals surface area (Å²) >= 11 is 0. The van der Waals surface area contributed by atoms with E-state index in [1.165, 1.54) is 38.5 Å². The monoisotopic (exact) mass is 562 g/mol. The average molecular weight is 563 g/mol. The normalized spacial score (nSPS) is 37.9. The van der Waals surface area contributed by atoms with Crippen LogP contribution in [0.4, 0.5) is 4.79 Å². The molecule has 0 radical (unpaired) electrons. The van der Waals surface area contributed by atoms with Crippen molar-refractivity contribution in [1.82, 2.24) is 15.5 Å². The molecule has 3 N–H and O–H groups in total. The van der Waals surface area contributed by atoms with Crippen LogP contribution in [0.1, 0.15) is 78.6 Å². The van der Waals surface area contributed by atoms with Crippen molar-refractivity contribution in [1.29, 1.82) is 0 Å². The van der Waals surface area contributed by atoms with E-state index in [9.17, 15) is 9.90 Å². The van der Waals surface area contributed by atoms with Gasteiger partial charge in [0.1, 0.15) is 0 Å². The highest BCUT2D eigenvalue weighted by Gasteiger charge is 2.60. The molecular formula is C32H60N5O3+. The van der Waals surface area contributed by atoms with E-state index in [1.54, 1.807) is 4.90 Å². The van der Waals surface area contributed by atoms with Crippen molar-refractivity contribution in [2.24, 2.45) is 45.6 Å². The van der Waals surface area contributed by atoms with E-state index in [0.29, 0.717) is 30.3 Å². The molecule has 0 bridgehead atoms. The summed E-state index contributed by atoms with van der Waals surface area (Å²) in [5, 5.41) is 21.4. The number of oxime groups is 1. The summed E-state index contributed by atoms with van der Waals surface area (Å²) in [4.78, 5) is 20.6. The molecule has 8 heteroatoms. The van der Waals surface area contributed by atoms with Crippen molar-refractivity contribution in [3.8, 4) is 0 Å². The first-order valence-electron chi connectivity index (χ1n) is 16.2. The first-order chi connectivity index (χ1) is 18.9. The van der Waals surface area contributed by atoms with Crippen molar-refractivity contribution >= 4 is 11.8 Å². The lowest BCUT2D eigenvalue weighted by Gasteiger charge is -2.61. The minimum absolute atomic E-state index is 0.0843. The van der Waals surface area contributed by atoms with Crippen LogP contribution in [0, 0.1) is 40.4 Å². The first kappa shape index (κ1) is 31.7. The number of quaternary nitrogens is 1. The van der Waals surface area contributed by atoms with E-state index in [-0.39, 0.29) is 17.6 Å². The minimum Gasteiger partial charge on any atom is -0.393 e. The van der Waals surface area contributed by atoms with Crippen molar-refractivity contribution < 1.29 is 19.2 Å². The summed E-state index contributed by atoms with van der Waals surface area (Å²) in [7, 11) is 8.38. The lowest BCUT2D eigenvalue weighted by Crippen LogP contribution is -2.54. The Morgan fingerprint density at radius 2 is 1.70 bits per heavy atom. The zero-order valence-corrected chi connectivity index (χ0v) is 26.7. The van der Waals surface area contributed by atoms with E-state index in [4.69, 9.17) is 4.84 Å². The number of nitrogens with zero attached hydrogens (tertiary/aromatic N) is 3. The summed E-state index contributed by atoms with van der Waals surface area (Å²) in [5.74, 6) is 3.39. The maximum atomic E-state index is 13.2. The predicted octanol–water partition coefficient (Wildman–Crippen LogP) is 4.34. The SMILES string of the molecule is CNCCNCCN(CC[N+](C)(C)C)C(=O)O/N=C(\C)[C@H]1CC[C@H]2[C@@H]3CC[C@@H]4C[C@@H](O)CC[C@]4(C)[C@H]3CC[C@]12C. The van der Waals surface area contributed by atoms with Crippen molar-refractivity contribution in [3.63, 3.8) is 0 Å². The molecule has 0 heterocycles. The average Bonchev–Trinajstić information content (AvgIpc) is 3.26. The van der Waals surface area contributed by atoms with E-state index in [0.717, 1.165) is 73.4 Å². The molecule has 4 aliphatic rings. The van der Waals surface area contributed by atoms with Gasteiger partial charge in [0.05, 0.1) is 46.0 Å². The second-order valence-corrected chi connectivity index (χ2v) is 15.2. The fourth-order valence-corrected chi connectivity index (χ4v) is 9.42. The van der Waals surface area contributed by atoms with Crippen LogP contribution in [-0.4, -0.2) is 99.9 Å². The number of hydrogen-bond donors (Lipinski definition) is 3. The maximum Gasteiger partial charge on any atom is 0.436 e. The lowest BCUT2D eigenvalue weighted by molar-refractivity contribution is -0.869. The Morgan fingerprint density at radius 1 is 0.975 bits per heavy atom.